The monoisotopic (exact) mass is 414 g/mol. The second-order valence-electron chi connectivity index (χ2n) is 5.95. The van der Waals surface area contributed by atoms with Crippen molar-refractivity contribution in [2.75, 3.05) is 19.8 Å². The lowest BCUT2D eigenvalue weighted by Crippen LogP contribution is -2.24. The van der Waals surface area contributed by atoms with Crippen LogP contribution in [0.15, 0.2) is 53.5 Å². The van der Waals surface area contributed by atoms with E-state index >= 15 is 0 Å². The summed E-state index contributed by atoms with van der Waals surface area (Å²) in [5, 5.41) is 0. The average molecular weight is 414 g/mol. The molecule has 0 aliphatic rings. The highest BCUT2D eigenvalue weighted by Gasteiger charge is 2.13. The Bertz CT molecular complexity index is 1060. The standard InChI is InChI=1S/C21H22N2O5S/c1-3-26-16-10-11-17-18(12-16)29-21(23(17)13-20(25)27-4-2)22-19(24)14-28-15-8-6-5-7-9-15/h5-12H,3-4,13-14H2,1-2H3. The van der Waals surface area contributed by atoms with Gasteiger partial charge in [0.2, 0.25) is 0 Å². The van der Waals surface area contributed by atoms with Crippen molar-refractivity contribution >= 4 is 33.4 Å². The summed E-state index contributed by atoms with van der Waals surface area (Å²) in [6.07, 6.45) is 0. The molecule has 0 spiro atoms. The summed E-state index contributed by atoms with van der Waals surface area (Å²) in [6.45, 7) is 4.26. The first-order valence-electron chi connectivity index (χ1n) is 9.28. The van der Waals surface area contributed by atoms with Crippen LogP contribution in [0, 0.1) is 0 Å². The number of ether oxygens (including phenoxy) is 3. The van der Waals surface area contributed by atoms with E-state index in [9.17, 15) is 9.59 Å². The molecule has 1 aromatic heterocycles. The summed E-state index contributed by atoms with van der Waals surface area (Å²) in [6, 6.07) is 14.6. The van der Waals surface area contributed by atoms with Gasteiger partial charge in [-0.3, -0.25) is 9.59 Å². The predicted octanol–water partition coefficient (Wildman–Crippen LogP) is 3.17. The molecule has 0 saturated heterocycles. The Morgan fingerprint density at radius 1 is 1.00 bits per heavy atom. The fourth-order valence-electron chi connectivity index (χ4n) is 2.68. The molecular weight excluding hydrogens is 392 g/mol. The van der Waals surface area contributed by atoms with Crippen LogP contribution >= 0.6 is 11.3 Å². The number of rotatable bonds is 8. The summed E-state index contributed by atoms with van der Waals surface area (Å²) in [7, 11) is 0. The largest absolute Gasteiger partial charge is 0.494 e. The predicted molar refractivity (Wildman–Crippen MR) is 110 cm³/mol. The van der Waals surface area contributed by atoms with Crippen LogP contribution in [-0.4, -0.2) is 36.3 Å². The van der Waals surface area contributed by atoms with Crippen LogP contribution in [0.25, 0.3) is 10.2 Å². The van der Waals surface area contributed by atoms with Gasteiger partial charge in [0.25, 0.3) is 5.91 Å². The molecule has 29 heavy (non-hydrogen) atoms. The first kappa shape index (κ1) is 20.6. The number of carbonyl (C=O) groups excluding carboxylic acids is 2. The molecule has 3 aromatic rings. The van der Waals surface area contributed by atoms with E-state index in [-0.39, 0.29) is 19.8 Å². The van der Waals surface area contributed by atoms with Crippen molar-refractivity contribution in [3.8, 4) is 11.5 Å². The number of nitrogens with zero attached hydrogens (tertiary/aromatic N) is 2. The second kappa shape index (κ2) is 9.88. The molecule has 0 fully saturated rings. The minimum Gasteiger partial charge on any atom is -0.494 e. The summed E-state index contributed by atoms with van der Waals surface area (Å²) >= 11 is 1.31. The third kappa shape index (κ3) is 5.45. The first-order chi connectivity index (χ1) is 14.1. The van der Waals surface area contributed by atoms with Crippen LogP contribution in [0.3, 0.4) is 0 Å². The number of fused-ring (bicyclic) bond motifs is 1. The maximum absolute atomic E-state index is 12.4. The highest BCUT2D eigenvalue weighted by molar-refractivity contribution is 7.16. The summed E-state index contributed by atoms with van der Waals surface area (Å²) in [4.78, 5) is 29.0. The quantitative estimate of drug-likeness (QED) is 0.529. The molecule has 3 rings (SSSR count). The van der Waals surface area contributed by atoms with E-state index in [1.165, 1.54) is 11.3 Å². The Morgan fingerprint density at radius 3 is 2.52 bits per heavy atom. The Balaban J connectivity index is 1.91. The lowest BCUT2D eigenvalue weighted by Gasteiger charge is -2.06. The number of aromatic nitrogens is 1. The maximum atomic E-state index is 12.4. The molecule has 152 valence electrons. The molecule has 0 atom stereocenters. The van der Waals surface area contributed by atoms with Gasteiger partial charge < -0.3 is 18.8 Å². The molecule has 0 aliphatic heterocycles. The van der Waals surface area contributed by atoms with E-state index in [4.69, 9.17) is 14.2 Å². The SMILES string of the molecule is CCOC(=O)Cn1c(=NC(=O)COc2ccccc2)sc2cc(OCC)ccc21. The molecule has 0 saturated carbocycles. The van der Waals surface area contributed by atoms with Crippen molar-refractivity contribution < 1.29 is 23.8 Å². The smallest absolute Gasteiger partial charge is 0.326 e. The van der Waals surface area contributed by atoms with Gasteiger partial charge in [-0.15, -0.1) is 0 Å². The third-order valence-corrected chi connectivity index (χ3v) is 4.92. The number of esters is 1. The van der Waals surface area contributed by atoms with Crippen LogP contribution in [0.4, 0.5) is 0 Å². The number of hydrogen-bond acceptors (Lipinski definition) is 6. The van der Waals surface area contributed by atoms with E-state index in [1.54, 1.807) is 23.6 Å². The van der Waals surface area contributed by atoms with E-state index in [0.29, 0.717) is 17.2 Å². The minimum absolute atomic E-state index is 0.0342. The van der Waals surface area contributed by atoms with Gasteiger partial charge in [-0.05, 0) is 44.2 Å². The molecule has 0 radical (unpaired) electrons. The zero-order valence-corrected chi connectivity index (χ0v) is 17.1. The topological polar surface area (TPSA) is 79.1 Å². The lowest BCUT2D eigenvalue weighted by molar-refractivity contribution is -0.143. The molecule has 0 unspecified atom stereocenters. The number of amides is 1. The lowest BCUT2D eigenvalue weighted by atomic mass is 10.3. The molecular formula is C21H22N2O5S. The number of hydrogen-bond donors (Lipinski definition) is 0. The maximum Gasteiger partial charge on any atom is 0.326 e. The molecule has 7 nitrogen and oxygen atoms in total. The van der Waals surface area contributed by atoms with Crippen molar-refractivity contribution in [3.63, 3.8) is 0 Å². The van der Waals surface area contributed by atoms with Gasteiger partial charge >= 0.3 is 5.97 Å². The Morgan fingerprint density at radius 2 is 1.79 bits per heavy atom. The molecule has 0 aliphatic carbocycles. The average Bonchev–Trinajstić information content (AvgIpc) is 3.04. The summed E-state index contributed by atoms with van der Waals surface area (Å²) < 4.78 is 18.6. The molecule has 0 N–H and O–H groups in total. The fourth-order valence-corrected chi connectivity index (χ4v) is 3.76. The molecule has 0 bridgehead atoms. The number of thiazole rings is 1. The van der Waals surface area contributed by atoms with Crippen LogP contribution in [-0.2, 0) is 20.9 Å². The fraction of sp³-hybridized carbons (Fsp3) is 0.286. The van der Waals surface area contributed by atoms with Crippen LogP contribution in [0.2, 0.25) is 0 Å². The van der Waals surface area contributed by atoms with Gasteiger partial charge in [-0.1, -0.05) is 29.5 Å². The Hall–Kier alpha value is -3.13. The van der Waals surface area contributed by atoms with E-state index in [0.717, 1.165) is 16.0 Å². The first-order valence-corrected chi connectivity index (χ1v) is 10.1. The van der Waals surface area contributed by atoms with Gasteiger partial charge in [0.15, 0.2) is 11.4 Å². The third-order valence-electron chi connectivity index (χ3n) is 3.88. The van der Waals surface area contributed by atoms with E-state index < -0.39 is 11.9 Å². The Kier molecular flexibility index (Phi) is 7.02. The molecule has 1 heterocycles. The molecule has 1 amide bonds. The number of para-hydroxylation sites is 1. The highest BCUT2D eigenvalue weighted by atomic mass is 32.1. The zero-order valence-electron chi connectivity index (χ0n) is 16.3. The van der Waals surface area contributed by atoms with Crippen molar-refractivity contribution in [1.29, 1.82) is 0 Å². The van der Waals surface area contributed by atoms with Crippen LogP contribution < -0.4 is 14.3 Å². The van der Waals surface area contributed by atoms with Crippen molar-refractivity contribution in [2.45, 2.75) is 20.4 Å². The molecule has 8 heteroatoms. The van der Waals surface area contributed by atoms with Gasteiger partial charge in [-0.2, -0.15) is 4.99 Å². The minimum atomic E-state index is -0.442. The van der Waals surface area contributed by atoms with Gasteiger partial charge in [0.1, 0.15) is 18.0 Å². The van der Waals surface area contributed by atoms with Gasteiger partial charge in [-0.25, -0.2) is 0 Å². The summed E-state index contributed by atoms with van der Waals surface area (Å²) in [5.41, 5.74) is 0.780. The second-order valence-corrected chi connectivity index (χ2v) is 6.95. The van der Waals surface area contributed by atoms with Crippen molar-refractivity contribution in [1.82, 2.24) is 4.57 Å². The summed E-state index contributed by atoms with van der Waals surface area (Å²) in [5.74, 6) is 0.474. The molecule has 2 aromatic carbocycles. The normalized spacial score (nSPS) is 11.4. The van der Waals surface area contributed by atoms with Crippen LogP contribution in [0.1, 0.15) is 13.8 Å². The highest BCUT2D eigenvalue weighted by Crippen LogP contribution is 2.23. The zero-order chi connectivity index (χ0) is 20.6. The van der Waals surface area contributed by atoms with Crippen molar-refractivity contribution in [2.24, 2.45) is 4.99 Å². The Labute approximate surface area is 172 Å². The van der Waals surface area contributed by atoms with Gasteiger partial charge in [0.05, 0.1) is 23.4 Å². The number of carbonyl (C=O) groups is 2. The van der Waals surface area contributed by atoms with Crippen LogP contribution in [0.5, 0.6) is 11.5 Å². The van der Waals surface area contributed by atoms with Crippen molar-refractivity contribution in [3.05, 3.63) is 53.3 Å². The van der Waals surface area contributed by atoms with E-state index in [2.05, 4.69) is 4.99 Å². The van der Waals surface area contributed by atoms with Gasteiger partial charge in [0, 0.05) is 0 Å². The number of benzene rings is 2. The van der Waals surface area contributed by atoms with E-state index in [1.807, 2.05) is 43.3 Å².